The molecule has 16 heavy (non-hydrogen) atoms. The molecule has 1 fully saturated rings. The summed E-state index contributed by atoms with van der Waals surface area (Å²) in [5.41, 5.74) is 0.579. The molecule has 0 spiro atoms. The lowest BCUT2D eigenvalue weighted by Gasteiger charge is -2.27. The van der Waals surface area contributed by atoms with E-state index < -0.39 is 0 Å². The van der Waals surface area contributed by atoms with E-state index in [2.05, 4.69) is 18.4 Å². The summed E-state index contributed by atoms with van der Waals surface area (Å²) in [6.07, 6.45) is 5.13. The molecule has 1 rings (SSSR count). The Labute approximate surface area is 98.5 Å². The first-order valence-corrected chi connectivity index (χ1v) is 6.28. The lowest BCUT2D eigenvalue weighted by Crippen LogP contribution is -2.36. The van der Waals surface area contributed by atoms with Gasteiger partial charge in [0.15, 0.2) is 0 Å². The van der Waals surface area contributed by atoms with Gasteiger partial charge in [-0.2, -0.15) is 0 Å². The average Bonchev–Trinajstić information content (AvgIpc) is 2.79. The van der Waals surface area contributed by atoms with Crippen LogP contribution in [0.2, 0.25) is 0 Å². The van der Waals surface area contributed by atoms with Crippen LogP contribution < -0.4 is 0 Å². The minimum atomic E-state index is -0.251. The fourth-order valence-corrected chi connectivity index (χ4v) is 2.31. The highest BCUT2D eigenvalue weighted by molar-refractivity contribution is 5.88. The number of nitrogens with zero attached hydrogens (tertiary/aromatic N) is 1. The molecular weight excluding hydrogens is 202 g/mol. The summed E-state index contributed by atoms with van der Waals surface area (Å²) >= 11 is 0. The number of ether oxygens (including phenoxy) is 1. The maximum Gasteiger partial charge on any atom is 0.334 e. The third-order valence-corrected chi connectivity index (χ3v) is 3.21. The molecule has 0 unspecified atom stereocenters. The Morgan fingerprint density at radius 1 is 1.38 bits per heavy atom. The van der Waals surface area contributed by atoms with Crippen LogP contribution in [0, 0.1) is 0 Å². The van der Waals surface area contributed by atoms with E-state index in [0.29, 0.717) is 24.8 Å². The van der Waals surface area contributed by atoms with Gasteiger partial charge in [-0.1, -0.05) is 26.3 Å². The molecule has 92 valence electrons. The normalized spacial score (nSPS) is 16.7. The van der Waals surface area contributed by atoms with Gasteiger partial charge in [0.2, 0.25) is 0 Å². The van der Waals surface area contributed by atoms with Crippen molar-refractivity contribution in [2.75, 3.05) is 19.7 Å². The van der Waals surface area contributed by atoms with Crippen LogP contribution in [0.1, 0.15) is 39.5 Å². The van der Waals surface area contributed by atoms with E-state index >= 15 is 0 Å². The van der Waals surface area contributed by atoms with Crippen LogP contribution in [0.5, 0.6) is 0 Å². The molecule has 1 aliphatic rings. The second-order valence-electron chi connectivity index (χ2n) is 4.33. The van der Waals surface area contributed by atoms with Gasteiger partial charge in [0, 0.05) is 18.2 Å². The summed E-state index contributed by atoms with van der Waals surface area (Å²) in [4.78, 5) is 13.8. The summed E-state index contributed by atoms with van der Waals surface area (Å²) in [6, 6.07) is 0.635. The van der Waals surface area contributed by atoms with Gasteiger partial charge in [0.25, 0.3) is 0 Å². The van der Waals surface area contributed by atoms with Crippen molar-refractivity contribution in [3.05, 3.63) is 12.2 Å². The van der Waals surface area contributed by atoms with Crippen LogP contribution in [-0.2, 0) is 9.53 Å². The maximum absolute atomic E-state index is 11.5. The van der Waals surface area contributed by atoms with Crippen molar-refractivity contribution in [2.45, 2.75) is 45.6 Å². The molecule has 1 aliphatic carbocycles. The Morgan fingerprint density at radius 2 is 2.00 bits per heavy atom. The van der Waals surface area contributed by atoms with Gasteiger partial charge in [-0.05, 0) is 26.3 Å². The smallest absolute Gasteiger partial charge is 0.334 e. The summed E-state index contributed by atoms with van der Waals surface area (Å²) in [6.45, 7) is 9.82. The summed E-state index contributed by atoms with van der Waals surface area (Å²) in [7, 11) is 0. The molecule has 0 bridgehead atoms. The van der Waals surface area contributed by atoms with E-state index in [-0.39, 0.29) is 5.97 Å². The van der Waals surface area contributed by atoms with Crippen LogP contribution >= 0.6 is 0 Å². The molecule has 3 nitrogen and oxygen atoms in total. The number of esters is 1. The van der Waals surface area contributed by atoms with Crippen molar-refractivity contribution in [3.63, 3.8) is 0 Å². The van der Waals surface area contributed by atoms with E-state index in [4.69, 9.17) is 4.74 Å². The number of likely N-dealkylation sites (N-methyl/N-ethyl adjacent to an activating group) is 1. The van der Waals surface area contributed by atoms with Gasteiger partial charge >= 0.3 is 5.97 Å². The molecule has 0 aromatic heterocycles. The van der Waals surface area contributed by atoms with Gasteiger partial charge in [0.1, 0.15) is 0 Å². The quantitative estimate of drug-likeness (QED) is 0.513. The standard InChI is InChI=1S/C13H23NO2/c1-4-14(12-8-6-7-9-12)10-11(3)13(15)16-5-2/h12H,3-10H2,1-2H3. The maximum atomic E-state index is 11.5. The summed E-state index contributed by atoms with van der Waals surface area (Å²) in [5, 5.41) is 0. The Bertz CT molecular complexity index is 244. The molecule has 0 aromatic carbocycles. The Kier molecular flexibility index (Phi) is 5.53. The lowest BCUT2D eigenvalue weighted by atomic mass is 10.2. The first-order valence-electron chi connectivity index (χ1n) is 6.28. The van der Waals surface area contributed by atoms with Crippen molar-refractivity contribution in [3.8, 4) is 0 Å². The molecule has 0 amide bonds. The molecule has 0 atom stereocenters. The highest BCUT2D eigenvalue weighted by Gasteiger charge is 2.23. The van der Waals surface area contributed by atoms with E-state index in [9.17, 15) is 4.79 Å². The molecule has 1 saturated carbocycles. The lowest BCUT2D eigenvalue weighted by molar-refractivity contribution is -0.138. The summed E-state index contributed by atoms with van der Waals surface area (Å²) in [5.74, 6) is -0.251. The zero-order chi connectivity index (χ0) is 12.0. The molecule has 0 saturated heterocycles. The summed E-state index contributed by atoms with van der Waals surface area (Å²) < 4.78 is 4.95. The highest BCUT2D eigenvalue weighted by atomic mass is 16.5. The SMILES string of the molecule is C=C(CN(CC)C1CCCC1)C(=O)OCC. The predicted octanol–water partition coefficient (Wildman–Crippen LogP) is 2.37. The minimum Gasteiger partial charge on any atom is -0.463 e. The molecule has 0 N–H and O–H groups in total. The molecule has 0 aromatic rings. The minimum absolute atomic E-state index is 0.251. The van der Waals surface area contributed by atoms with Crippen LogP contribution in [0.4, 0.5) is 0 Å². The van der Waals surface area contributed by atoms with Crippen molar-refractivity contribution in [1.82, 2.24) is 4.90 Å². The van der Waals surface area contributed by atoms with E-state index in [1.54, 1.807) is 0 Å². The van der Waals surface area contributed by atoms with Crippen molar-refractivity contribution < 1.29 is 9.53 Å². The van der Waals surface area contributed by atoms with Crippen LogP contribution in [0.15, 0.2) is 12.2 Å². The van der Waals surface area contributed by atoms with Crippen molar-refractivity contribution in [1.29, 1.82) is 0 Å². The molecule has 0 aliphatic heterocycles. The average molecular weight is 225 g/mol. The number of hydrogen-bond donors (Lipinski definition) is 0. The van der Waals surface area contributed by atoms with Crippen LogP contribution in [0.25, 0.3) is 0 Å². The van der Waals surface area contributed by atoms with E-state index in [0.717, 1.165) is 6.54 Å². The zero-order valence-corrected chi connectivity index (χ0v) is 10.5. The van der Waals surface area contributed by atoms with Gasteiger partial charge in [0.05, 0.1) is 6.61 Å². The monoisotopic (exact) mass is 225 g/mol. The van der Waals surface area contributed by atoms with Crippen LogP contribution in [-0.4, -0.2) is 36.6 Å². The van der Waals surface area contributed by atoms with E-state index in [1.807, 2.05) is 6.92 Å². The highest BCUT2D eigenvalue weighted by Crippen LogP contribution is 2.23. The number of rotatable bonds is 6. The van der Waals surface area contributed by atoms with Gasteiger partial charge < -0.3 is 4.74 Å². The Morgan fingerprint density at radius 3 is 2.50 bits per heavy atom. The topological polar surface area (TPSA) is 29.5 Å². The largest absolute Gasteiger partial charge is 0.463 e. The molecule has 0 radical (unpaired) electrons. The van der Waals surface area contributed by atoms with Crippen molar-refractivity contribution >= 4 is 5.97 Å². The van der Waals surface area contributed by atoms with Gasteiger partial charge in [-0.3, -0.25) is 4.90 Å². The third kappa shape index (κ3) is 3.63. The third-order valence-electron chi connectivity index (χ3n) is 3.21. The Balaban J connectivity index is 2.42. The zero-order valence-electron chi connectivity index (χ0n) is 10.5. The second kappa shape index (κ2) is 6.69. The van der Waals surface area contributed by atoms with E-state index in [1.165, 1.54) is 25.7 Å². The number of carbonyl (C=O) groups is 1. The predicted molar refractivity (Wildman–Crippen MR) is 65.3 cm³/mol. The fourth-order valence-electron chi connectivity index (χ4n) is 2.31. The van der Waals surface area contributed by atoms with Gasteiger partial charge in [-0.25, -0.2) is 4.79 Å². The Hall–Kier alpha value is -0.830. The molecular formula is C13H23NO2. The second-order valence-corrected chi connectivity index (χ2v) is 4.33. The molecule has 0 heterocycles. The van der Waals surface area contributed by atoms with Crippen molar-refractivity contribution in [2.24, 2.45) is 0 Å². The number of carbonyl (C=O) groups excluding carboxylic acids is 1. The first-order chi connectivity index (χ1) is 7.69. The fraction of sp³-hybridized carbons (Fsp3) is 0.769. The van der Waals surface area contributed by atoms with Gasteiger partial charge in [-0.15, -0.1) is 0 Å². The number of hydrogen-bond acceptors (Lipinski definition) is 3. The first kappa shape index (κ1) is 13.2. The molecule has 3 heteroatoms. The van der Waals surface area contributed by atoms with Crippen LogP contribution in [0.3, 0.4) is 0 Å².